The highest BCUT2D eigenvalue weighted by molar-refractivity contribution is 5.93. The molecule has 0 bridgehead atoms. The lowest BCUT2D eigenvalue weighted by molar-refractivity contribution is 0.0725. The van der Waals surface area contributed by atoms with E-state index in [9.17, 15) is 4.79 Å². The van der Waals surface area contributed by atoms with Crippen LogP contribution in [0.15, 0.2) is 23.2 Å². The van der Waals surface area contributed by atoms with Gasteiger partial charge in [-0.2, -0.15) is 0 Å². The van der Waals surface area contributed by atoms with Crippen LogP contribution in [-0.2, 0) is 6.54 Å². The lowest BCUT2D eigenvalue weighted by Crippen LogP contribution is -2.32. The molecule has 1 saturated heterocycles. The maximum absolute atomic E-state index is 12.7. The number of aromatic nitrogens is 3. The number of carbonyl (C=O) groups excluding carboxylic acids is 1. The molecule has 0 spiro atoms. The second-order valence-electron chi connectivity index (χ2n) is 6.09. The second kappa shape index (κ2) is 6.45. The zero-order valence-electron chi connectivity index (χ0n) is 13.7. The van der Waals surface area contributed by atoms with Gasteiger partial charge < -0.3 is 14.2 Å². The summed E-state index contributed by atoms with van der Waals surface area (Å²) in [5.74, 6) is 0.451. The van der Waals surface area contributed by atoms with E-state index in [-0.39, 0.29) is 11.9 Å². The molecule has 7 heteroatoms. The molecule has 0 N–H and O–H groups in total. The highest BCUT2D eigenvalue weighted by Crippen LogP contribution is 2.32. The van der Waals surface area contributed by atoms with Gasteiger partial charge in [-0.25, -0.2) is 4.98 Å². The number of nitrogens with zero attached hydrogens (tertiary/aromatic N) is 5. The van der Waals surface area contributed by atoms with Crippen molar-refractivity contribution in [2.75, 3.05) is 20.6 Å². The molecule has 0 unspecified atom stereocenters. The molecule has 23 heavy (non-hydrogen) atoms. The van der Waals surface area contributed by atoms with Crippen molar-refractivity contribution in [3.8, 4) is 0 Å². The number of oxazole rings is 1. The number of aryl methyl sites for hydroxylation is 1. The molecule has 1 fully saturated rings. The number of likely N-dealkylation sites (tertiary alicyclic amines) is 1. The third kappa shape index (κ3) is 3.24. The molecule has 3 heterocycles. The lowest BCUT2D eigenvalue weighted by atomic mass is 10.1. The normalized spacial score (nSPS) is 17.9. The molecule has 0 aliphatic carbocycles. The summed E-state index contributed by atoms with van der Waals surface area (Å²) in [7, 11) is 3.99. The number of carbonyl (C=O) groups is 1. The van der Waals surface area contributed by atoms with E-state index in [1.165, 1.54) is 6.39 Å². The predicted octanol–water partition coefficient (Wildman–Crippen LogP) is 1.81. The predicted molar refractivity (Wildman–Crippen MR) is 83.7 cm³/mol. The molecule has 7 nitrogen and oxygen atoms in total. The smallest absolute Gasteiger partial charge is 0.276 e. The van der Waals surface area contributed by atoms with Crippen molar-refractivity contribution in [2.45, 2.75) is 32.4 Å². The van der Waals surface area contributed by atoms with Gasteiger partial charge >= 0.3 is 0 Å². The molecule has 1 aliphatic heterocycles. The SMILES string of the molecule is Cc1ocnc1C(=O)N1CCC[C@@H]1c1cncc(CN(C)C)n1. The molecular weight excluding hydrogens is 294 g/mol. The fourth-order valence-corrected chi connectivity index (χ4v) is 2.95. The van der Waals surface area contributed by atoms with E-state index in [0.29, 0.717) is 18.0 Å². The fraction of sp³-hybridized carbons (Fsp3) is 0.500. The molecule has 2 aromatic heterocycles. The minimum absolute atomic E-state index is 0.0480. The highest BCUT2D eigenvalue weighted by atomic mass is 16.3. The summed E-state index contributed by atoms with van der Waals surface area (Å²) in [6.07, 6.45) is 6.68. The lowest BCUT2D eigenvalue weighted by Gasteiger charge is -2.24. The summed E-state index contributed by atoms with van der Waals surface area (Å²) < 4.78 is 5.16. The Balaban J connectivity index is 1.84. The molecule has 1 aliphatic rings. The van der Waals surface area contributed by atoms with Gasteiger partial charge in [-0.05, 0) is 33.9 Å². The molecule has 0 radical (unpaired) electrons. The third-order valence-corrected chi connectivity index (χ3v) is 3.98. The summed E-state index contributed by atoms with van der Waals surface area (Å²) in [4.78, 5) is 29.6. The van der Waals surface area contributed by atoms with Crippen molar-refractivity contribution in [2.24, 2.45) is 0 Å². The molecule has 0 saturated carbocycles. The Morgan fingerprint density at radius 1 is 1.43 bits per heavy atom. The van der Waals surface area contributed by atoms with E-state index in [4.69, 9.17) is 4.42 Å². The minimum Gasteiger partial charge on any atom is -0.448 e. The minimum atomic E-state index is -0.0986. The Labute approximate surface area is 135 Å². The van der Waals surface area contributed by atoms with Gasteiger partial charge in [0.15, 0.2) is 12.1 Å². The first kappa shape index (κ1) is 15.6. The average molecular weight is 315 g/mol. The topological polar surface area (TPSA) is 75.4 Å². The molecule has 3 rings (SSSR count). The van der Waals surface area contributed by atoms with Crippen molar-refractivity contribution >= 4 is 5.91 Å². The second-order valence-corrected chi connectivity index (χ2v) is 6.09. The Bertz CT molecular complexity index is 697. The van der Waals surface area contributed by atoms with Crippen molar-refractivity contribution in [1.29, 1.82) is 0 Å². The summed E-state index contributed by atoms with van der Waals surface area (Å²) in [6, 6.07) is -0.0480. The maximum atomic E-state index is 12.7. The van der Waals surface area contributed by atoms with Gasteiger partial charge in [0.1, 0.15) is 5.76 Å². The van der Waals surface area contributed by atoms with E-state index < -0.39 is 0 Å². The number of amides is 1. The van der Waals surface area contributed by atoms with Crippen LogP contribution in [0.25, 0.3) is 0 Å². The van der Waals surface area contributed by atoms with E-state index in [1.54, 1.807) is 19.3 Å². The molecule has 2 aromatic rings. The van der Waals surface area contributed by atoms with E-state index in [1.807, 2.05) is 23.9 Å². The number of rotatable bonds is 4. The summed E-state index contributed by atoms with van der Waals surface area (Å²) in [5, 5.41) is 0. The van der Waals surface area contributed by atoms with Crippen LogP contribution in [0.5, 0.6) is 0 Å². The Hall–Kier alpha value is -2.28. The van der Waals surface area contributed by atoms with Crippen LogP contribution >= 0.6 is 0 Å². The van der Waals surface area contributed by atoms with Crippen molar-refractivity contribution in [3.63, 3.8) is 0 Å². The largest absolute Gasteiger partial charge is 0.448 e. The van der Waals surface area contributed by atoms with Crippen LogP contribution in [0.3, 0.4) is 0 Å². The zero-order chi connectivity index (χ0) is 16.4. The van der Waals surface area contributed by atoms with Crippen LogP contribution in [0, 0.1) is 6.92 Å². The summed E-state index contributed by atoms with van der Waals surface area (Å²) in [5.41, 5.74) is 2.13. The monoisotopic (exact) mass is 315 g/mol. The maximum Gasteiger partial charge on any atom is 0.276 e. The number of hydrogen-bond acceptors (Lipinski definition) is 6. The Morgan fingerprint density at radius 2 is 2.26 bits per heavy atom. The zero-order valence-corrected chi connectivity index (χ0v) is 13.7. The van der Waals surface area contributed by atoms with Gasteiger partial charge in [0, 0.05) is 19.3 Å². The Morgan fingerprint density at radius 3 is 2.96 bits per heavy atom. The standard InChI is InChI=1S/C16H21N5O2/c1-11-15(18-10-23-11)16(22)21-6-4-5-14(21)13-8-17-7-12(19-13)9-20(2)3/h7-8,10,14H,4-6,9H2,1-3H3/t14-/m1/s1. The Kier molecular flexibility index (Phi) is 4.38. The van der Waals surface area contributed by atoms with Crippen LogP contribution in [0.2, 0.25) is 0 Å². The average Bonchev–Trinajstić information content (AvgIpc) is 3.15. The van der Waals surface area contributed by atoms with Crippen molar-refractivity contribution in [3.05, 3.63) is 41.6 Å². The van der Waals surface area contributed by atoms with Crippen LogP contribution in [0.1, 0.15) is 46.5 Å². The molecule has 0 aromatic carbocycles. The van der Waals surface area contributed by atoms with Gasteiger partial charge in [-0.15, -0.1) is 0 Å². The number of hydrogen-bond donors (Lipinski definition) is 0. The van der Waals surface area contributed by atoms with Gasteiger partial charge in [0.25, 0.3) is 5.91 Å². The third-order valence-electron chi connectivity index (χ3n) is 3.98. The van der Waals surface area contributed by atoms with Gasteiger partial charge in [0.05, 0.1) is 23.6 Å². The molecule has 122 valence electrons. The van der Waals surface area contributed by atoms with Crippen LogP contribution < -0.4 is 0 Å². The first-order chi connectivity index (χ1) is 11.1. The van der Waals surface area contributed by atoms with Crippen molar-refractivity contribution < 1.29 is 9.21 Å². The fourth-order valence-electron chi connectivity index (χ4n) is 2.95. The van der Waals surface area contributed by atoms with E-state index in [2.05, 4.69) is 15.0 Å². The van der Waals surface area contributed by atoms with E-state index in [0.717, 1.165) is 30.8 Å². The highest BCUT2D eigenvalue weighted by Gasteiger charge is 2.33. The quantitative estimate of drug-likeness (QED) is 0.856. The van der Waals surface area contributed by atoms with Gasteiger partial charge in [-0.3, -0.25) is 14.8 Å². The van der Waals surface area contributed by atoms with Crippen molar-refractivity contribution in [1.82, 2.24) is 24.8 Å². The molecular formula is C16H21N5O2. The summed E-state index contributed by atoms with van der Waals surface area (Å²) in [6.45, 7) is 3.18. The molecule has 1 amide bonds. The van der Waals surface area contributed by atoms with Gasteiger partial charge in [0.2, 0.25) is 0 Å². The summed E-state index contributed by atoms with van der Waals surface area (Å²) >= 11 is 0. The van der Waals surface area contributed by atoms with E-state index >= 15 is 0 Å². The first-order valence-corrected chi connectivity index (χ1v) is 7.73. The molecule has 1 atom stereocenters. The first-order valence-electron chi connectivity index (χ1n) is 7.73. The van der Waals surface area contributed by atoms with Gasteiger partial charge in [-0.1, -0.05) is 0 Å². The van der Waals surface area contributed by atoms with Crippen LogP contribution in [-0.4, -0.2) is 51.3 Å². The van der Waals surface area contributed by atoms with Crippen LogP contribution in [0.4, 0.5) is 0 Å².